The molecule has 1 aliphatic heterocycles. The highest BCUT2D eigenvalue weighted by Crippen LogP contribution is 2.53. The Hall–Kier alpha value is -1.56. The number of aromatic nitrogens is 2. The summed E-state index contributed by atoms with van der Waals surface area (Å²) in [5, 5.41) is 9.30. The van der Waals surface area contributed by atoms with Crippen LogP contribution in [0.1, 0.15) is 18.4 Å². The number of imide groups is 1. The van der Waals surface area contributed by atoms with E-state index in [1.807, 2.05) is 6.92 Å². The number of carbonyl (C=O) groups excluding carboxylic acids is 2. The monoisotopic (exact) mass is 275 g/mol. The number of aryl methyl sites for hydroxylation is 1. The van der Waals surface area contributed by atoms with Gasteiger partial charge in [0, 0.05) is 0 Å². The summed E-state index contributed by atoms with van der Waals surface area (Å²) >= 11 is 1.34. The summed E-state index contributed by atoms with van der Waals surface area (Å²) in [5.74, 6) is 0.0225. The highest BCUT2D eigenvalue weighted by atomic mass is 32.1. The van der Waals surface area contributed by atoms with Gasteiger partial charge in [0.05, 0.1) is 11.8 Å². The number of fused-ring (bicyclic) bond motifs is 5. The maximum absolute atomic E-state index is 12.5. The maximum Gasteiger partial charge on any atom is 0.240 e. The van der Waals surface area contributed by atoms with Crippen LogP contribution in [0.2, 0.25) is 0 Å². The minimum absolute atomic E-state index is 0.0781. The van der Waals surface area contributed by atoms with Gasteiger partial charge in [-0.1, -0.05) is 30.4 Å². The van der Waals surface area contributed by atoms with Gasteiger partial charge in [0.2, 0.25) is 16.9 Å². The largest absolute Gasteiger partial charge is 0.274 e. The molecule has 0 aromatic carbocycles. The molecule has 2 heterocycles. The first kappa shape index (κ1) is 11.3. The van der Waals surface area contributed by atoms with Crippen LogP contribution in [0, 0.1) is 23.7 Å². The van der Waals surface area contributed by atoms with E-state index in [2.05, 4.69) is 22.3 Å². The van der Waals surface area contributed by atoms with E-state index < -0.39 is 0 Å². The quantitative estimate of drug-likeness (QED) is 0.605. The molecule has 1 saturated heterocycles. The number of amides is 2. The molecule has 4 rings (SSSR count). The molecule has 2 amide bonds. The normalized spacial score (nSPS) is 35.5. The summed E-state index contributed by atoms with van der Waals surface area (Å²) in [7, 11) is 0. The highest BCUT2D eigenvalue weighted by Gasteiger charge is 2.60. The standard InChI is InChI=1S/C13H13N3O2S/c1-2-8-14-15-13(19-8)16-11(17)9-6-3-4-7(5-6)10(9)12(16)18/h3-4,6-7,9-10H,2,5H2,1H3/t6-,7-,9-,10-/m0/s1. The van der Waals surface area contributed by atoms with Crippen molar-refractivity contribution < 1.29 is 9.59 Å². The zero-order valence-corrected chi connectivity index (χ0v) is 11.3. The topological polar surface area (TPSA) is 63.2 Å². The fraction of sp³-hybridized carbons (Fsp3) is 0.538. The Morgan fingerprint density at radius 2 is 1.84 bits per heavy atom. The molecule has 2 fully saturated rings. The Balaban J connectivity index is 1.72. The third kappa shape index (κ3) is 1.35. The minimum Gasteiger partial charge on any atom is -0.274 e. The molecule has 4 atom stereocenters. The van der Waals surface area contributed by atoms with Crippen LogP contribution in [0.5, 0.6) is 0 Å². The van der Waals surface area contributed by atoms with Crippen LogP contribution < -0.4 is 4.90 Å². The molecule has 5 nitrogen and oxygen atoms in total. The van der Waals surface area contributed by atoms with Crippen molar-refractivity contribution in [1.82, 2.24) is 10.2 Å². The fourth-order valence-corrected chi connectivity index (χ4v) is 4.36. The van der Waals surface area contributed by atoms with E-state index in [1.54, 1.807) is 0 Å². The van der Waals surface area contributed by atoms with E-state index in [9.17, 15) is 9.59 Å². The van der Waals surface area contributed by atoms with E-state index in [-0.39, 0.29) is 35.5 Å². The average molecular weight is 275 g/mol. The van der Waals surface area contributed by atoms with Gasteiger partial charge in [-0.15, -0.1) is 10.2 Å². The predicted octanol–water partition coefficient (Wildman–Crippen LogP) is 1.41. The summed E-state index contributed by atoms with van der Waals surface area (Å²) < 4.78 is 0. The summed E-state index contributed by atoms with van der Waals surface area (Å²) in [6.45, 7) is 1.98. The van der Waals surface area contributed by atoms with Gasteiger partial charge >= 0.3 is 0 Å². The minimum atomic E-state index is -0.156. The Morgan fingerprint density at radius 3 is 2.37 bits per heavy atom. The summed E-state index contributed by atoms with van der Waals surface area (Å²) in [5.41, 5.74) is 0. The van der Waals surface area contributed by atoms with Crippen molar-refractivity contribution in [2.24, 2.45) is 23.7 Å². The fourth-order valence-electron chi connectivity index (χ4n) is 3.57. The SMILES string of the molecule is CCc1nnc(N2C(=O)[C@@H]3[C@@H](C2=O)[C@H]2C=C[C@H]3C2)s1. The van der Waals surface area contributed by atoms with Gasteiger partial charge < -0.3 is 0 Å². The Labute approximate surface area is 114 Å². The van der Waals surface area contributed by atoms with E-state index in [0.717, 1.165) is 17.8 Å². The lowest BCUT2D eigenvalue weighted by molar-refractivity contribution is -0.123. The lowest BCUT2D eigenvalue weighted by Crippen LogP contribution is -2.32. The van der Waals surface area contributed by atoms with E-state index in [1.165, 1.54) is 16.2 Å². The second-order valence-electron chi connectivity index (χ2n) is 5.34. The van der Waals surface area contributed by atoms with Gasteiger partial charge in [0.1, 0.15) is 5.01 Å². The van der Waals surface area contributed by atoms with Crippen molar-refractivity contribution >= 4 is 28.3 Å². The van der Waals surface area contributed by atoms with Crippen molar-refractivity contribution in [3.8, 4) is 0 Å². The molecule has 2 aliphatic carbocycles. The van der Waals surface area contributed by atoms with Crippen molar-refractivity contribution in [3.63, 3.8) is 0 Å². The molecule has 6 heteroatoms. The zero-order valence-electron chi connectivity index (χ0n) is 10.4. The molecular weight excluding hydrogens is 262 g/mol. The Bertz CT molecular complexity index is 579. The maximum atomic E-state index is 12.5. The first-order valence-corrected chi connectivity index (χ1v) is 7.41. The summed E-state index contributed by atoms with van der Waals surface area (Å²) in [6, 6.07) is 0. The van der Waals surface area contributed by atoms with Crippen LogP contribution >= 0.6 is 11.3 Å². The molecule has 1 saturated carbocycles. The van der Waals surface area contributed by atoms with Gasteiger partial charge in [-0.2, -0.15) is 0 Å². The van der Waals surface area contributed by atoms with Gasteiger partial charge in [-0.05, 0) is 24.7 Å². The second kappa shape index (κ2) is 3.72. The van der Waals surface area contributed by atoms with Crippen LogP contribution in [-0.2, 0) is 16.0 Å². The number of allylic oxidation sites excluding steroid dienone is 2. The van der Waals surface area contributed by atoms with Gasteiger partial charge in [-0.3, -0.25) is 9.59 Å². The van der Waals surface area contributed by atoms with Gasteiger partial charge in [-0.25, -0.2) is 4.90 Å². The van der Waals surface area contributed by atoms with Crippen molar-refractivity contribution in [3.05, 3.63) is 17.2 Å². The Kier molecular flexibility index (Phi) is 2.21. The van der Waals surface area contributed by atoms with Crippen molar-refractivity contribution in [2.75, 3.05) is 4.90 Å². The molecule has 3 aliphatic rings. The van der Waals surface area contributed by atoms with Gasteiger partial charge in [0.25, 0.3) is 0 Å². The molecule has 1 aromatic rings. The average Bonchev–Trinajstić information content (AvgIpc) is 3.14. The summed E-state index contributed by atoms with van der Waals surface area (Å²) in [4.78, 5) is 26.3. The molecular formula is C13H13N3O2S. The van der Waals surface area contributed by atoms with E-state index in [4.69, 9.17) is 0 Å². The molecule has 19 heavy (non-hydrogen) atoms. The van der Waals surface area contributed by atoms with E-state index >= 15 is 0 Å². The molecule has 0 spiro atoms. The van der Waals surface area contributed by atoms with Crippen LogP contribution in [0.25, 0.3) is 0 Å². The highest BCUT2D eigenvalue weighted by molar-refractivity contribution is 7.15. The first-order chi connectivity index (χ1) is 9.20. The lowest BCUT2D eigenvalue weighted by atomic mass is 9.85. The van der Waals surface area contributed by atoms with Crippen LogP contribution in [0.15, 0.2) is 12.2 Å². The predicted molar refractivity (Wildman–Crippen MR) is 69.5 cm³/mol. The molecule has 0 N–H and O–H groups in total. The second-order valence-corrected chi connectivity index (χ2v) is 6.38. The zero-order chi connectivity index (χ0) is 13.1. The molecule has 0 unspecified atom stereocenters. The van der Waals surface area contributed by atoms with E-state index in [0.29, 0.717) is 5.13 Å². The Morgan fingerprint density at radius 1 is 1.21 bits per heavy atom. The number of nitrogens with zero attached hydrogens (tertiary/aromatic N) is 3. The third-order valence-electron chi connectivity index (χ3n) is 4.42. The third-order valence-corrected chi connectivity index (χ3v) is 5.47. The number of hydrogen-bond acceptors (Lipinski definition) is 5. The number of rotatable bonds is 2. The van der Waals surface area contributed by atoms with Crippen molar-refractivity contribution in [2.45, 2.75) is 19.8 Å². The number of anilines is 1. The summed E-state index contributed by atoms with van der Waals surface area (Å²) in [6.07, 6.45) is 5.92. The molecule has 0 radical (unpaired) electrons. The van der Waals surface area contributed by atoms with Crippen molar-refractivity contribution in [1.29, 1.82) is 0 Å². The lowest BCUT2D eigenvalue weighted by Gasteiger charge is -2.14. The molecule has 1 aromatic heterocycles. The van der Waals surface area contributed by atoms with Crippen LogP contribution in [0.3, 0.4) is 0 Å². The molecule has 98 valence electrons. The number of hydrogen-bond donors (Lipinski definition) is 0. The van der Waals surface area contributed by atoms with Gasteiger partial charge in [0.15, 0.2) is 0 Å². The van der Waals surface area contributed by atoms with Crippen LogP contribution in [0.4, 0.5) is 5.13 Å². The molecule has 2 bridgehead atoms. The first-order valence-electron chi connectivity index (χ1n) is 6.59. The smallest absolute Gasteiger partial charge is 0.240 e. The number of carbonyl (C=O) groups is 2. The van der Waals surface area contributed by atoms with Crippen LogP contribution in [-0.4, -0.2) is 22.0 Å².